The number of ketones is 1. The minimum Gasteiger partial charge on any atom is -0.445 e. The Hall–Kier alpha value is -2.62. The van der Waals surface area contributed by atoms with Crippen molar-refractivity contribution >= 4 is 11.9 Å². The van der Waals surface area contributed by atoms with Gasteiger partial charge in [0.25, 0.3) is 0 Å². The van der Waals surface area contributed by atoms with Crippen molar-refractivity contribution in [3.05, 3.63) is 71.8 Å². The number of benzene rings is 2. The number of hydrogen-bond acceptors (Lipinski definition) is 3. The minimum atomic E-state index is -0.429. The quantitative estimate of drug-likeness (QED) is 0.760. The Kier molecular flexibility index (Phi) is 5.92. The number of Topliss-reactive ketones (excluding diaryl/α,β-unsaturated/α-hetero) is 1. The molecule has 0 N–H and O–H groups in total. The molecule has 0 saturated carbocycles. The van der Waals surface area contributed by atoms with Gasteiger partial charge in [-0.1, -0.05) is 60.7 Å². The van der Waals surface area contributed by atoms with Crippen LogP contribution in [0.15, 0.2) is 60.7 Å². The number of ether oxygens (including phenoxy) is 1. The Morgan fingerprint density at radius 1 is 1.00 bits per heavy atom. The molecule has 2 aromatic rings. The lowest BCUT2D eigenvalue weighted by atomic mass is 10.0. The maximum absolute atomic E-state index is 12.2. The molecule has 120 valence electrons. The van der Waals surface area contributed by atoms with Gasteiger partial charge in [-0.25, -0.2) is 4.79 Å². The van der Waals surface area contributed by atoms with Gasteiger partial charge in [0.1, 0.15) is 6.61 Å². The molecule has 2 rings (SSSR count). The molecular weight excluding hydrogens is 290 g/mol. The summed E-state index contributed by atoms with van der Waals surface area (Å²) in [5.41, 5.74) is 1.59. The Balaban J connectivity index is 1.85. The SMILES string of the molecule is CC(CC(=O)c1ccccc1)N(C)C(=O)OCc1ccccc1. The van der Waals surface area contributed by atoms with Crippen molar-refractivity contribution in [1.82, 2.24) is 4.90 Å². The van der Waals surface area contributed by atoms with Crippen LogP contribution in [0.25, 0.3) is 0 Å². The fourth-order valence-electron chi connectivity index (χ4n) is 2.15. The lowest BCUT2D eigenvalue weighted by Gasteiger charge is -2.23. The van der Waals surface area contributed by atoms with Gasteiger partial charge in [0, 0.05) is 25.1 Å². The summed E-state index contributed by atoms with van der Waals surface area (Å²) >= 11 is 0. The van der Waals surface area contributed by atoms with Crippen LogP contribution in [0, 0.1) is 0 Å². The molecule has 23 heavy (non-hydrogen) atoms. The third kappa shape index (κ3) is 4.95. The molecule has 0 saturated heterocycles. The van der Waals surface area contributed by atoms with Gasteiger partial charge in [0.05, 0.1) is 0 Å². The molecule has 1 unspecified atom stereocenters. The summed E-state index contributed by atoms with van der Waals surface area (Å²) in [6, 6.07) is 18.4. The Morgan fingerprint density at radius 3 is 2.17 bits per heavy atom. The predicted octanol–water partition coefficient (Wildman–Crippen LogP) is 3.92. The molecule has 0 aliphatic carbocycles. The van der Waals surface area contributed by atoms with Crippen molar-refractivity contribution in [2.24, 2.45) is 0 Å². The third-order valence-electron chi connectivity index (χ3n) is 3.73. The fraction of sp³-hybridized carbons (Fsp3) is 0.263. The van der Waals surface area contributed by atoms with Crippen LogP contribution in [0.1, 0.15) is 29.3 Å². The molecule has 0 aromatic heterocycles. The van der Waals surface area contributed by atoms with Crippen molar-refractivity contribution in [3.63, 3.8) is 0 Å². The summed E-state index contributed by atoms with van der Waals surface area (Å²) in [5.74, 6) is 0.0146. The molecule has 4 heteroatoms. The van der Waals surface area contributed by atoms with Gasteiger partial charge in [-0.05, 0) is 12.5 Å². The molecule has 1 amide bonds. The van der Waals surface area contributed by atoms with Gasteiger partial charge >= 0.3 is 6.09 Å². The number of rotatable bonds is 6. The smallest absolute Gasteiger partial charge is 0.410 e. The van der Waals surface area contributed by atoms with E-state index in [9.17, 15) is 9.59 Å². The first-order valence-corrected chi connectivity index (χ1v) is 7.59. The van der Waals surface area contributed by atoms with Crippen LogP contribution in [0.4, 0.5) is 4.79 Å². The van der Waals surface area contributed by atoms with Crippen LogP contribution in [0.3, 0.4) is 0 Å². The maximum atomic E-state index is 12.2. The predicted molar refractivity (Wildman–Crippen MR) is 89.2 cm³/mol. The van der Waals surface area contributed by atoms with Crippen LogP contribution in [-0.2, 0) is 11.3 Å². The van der Waals surface area contributed by atoms with E-state index in [4.69, 9.17) is 4.74 Å². The summed E-state index contributed by atoms with van der Waals surface area (Å²) < 4.78 is 5.27. The second kappa shape index (κ2) is 8.13. The van der Waals surface area contributed by atoms with Crippen molar-refractivity contribution < 1.29 is 14.3 Å². The topological polar surface area (TPSA) is 46.6 Å². The molecule has 0 fully saturated rings. The summed E-state index contributed by atoms with van der Waals surface area (Å²) in [6.07, 6.45) is -0.164. The molecule has 0 aliphatic heterocycles. The standard InChI is InChI=1S/C19H21NO3/c1-15(13-18(21)17-11-7-4-8-12-17)20(2)19(22)23-14-16-9-5-3-6-10-16/h3-12,15H,13-14H2,1-2H3. The lowest BCUT2D eigenvalue weighted by molar-refractivity contribution is 0.0838. The van der Waals surface area contributed by atoms with E-state index in [0.29, 0.717) is 5.56 Å². The van der Waals surface area contributed by atoms with Crippen LogP contribution in [-0.4, -0.2) is 29.9 Å². The molecule has 0 aliphatic rings. The lowest BCUT2D eigenvalue weighted by Crippen LogP contribution is -2.36. The summed E-state index contributed by atoms with van der Waals surface area (Å²) in [7, 11) is 1.65. The molecule has 0 radical (unpaired) electrons. The van der Waals surface area contributed by atoms with Crippen LogP contribution in [0.2, 0.25) is 0 Å². The Labute approximate surface area is 136 Å². The van der Waals surface area contributed by atoms with E-state index in [0.717, 1.165) is 5.56 Å². The number of nitrogens with zero attached hydrogens (tertiary/aromatic N) is 1. The molecule has 4 nitrogen and oxygen atoms in total. The zero-order valence-corrected chi connectivity index (χ0v) is 13.4. The average molecular weight is 311 g/mol. The minimum absolute atomic E-state index is 0.0146. The van der Waals surface area contributed by atoms with Crippen molar-refractivity contribution in [2.75, 3.05) is 7.05 Å². The largest absolute Gasteiger partial charge is 0.445 e. The zero-order valence-electron chi connectivity index (χ0n) is 13.4. The van der Waals surface area contributed by atoms with E-state index in [-0.39, 0.29) is 24.9 Å². The average Bonchev–Trinajstić information content (AvgIpc) is 2.60. The van der Waals surface area contributed by atoms with Gasteiger partial charge in [-0.15, -0.1) is 0 Å². The van der Waals surface area contributed by atoms with Crippen molar-refractivity contribution in [1.29, 1.82) is 0 Å². The normalized spacial score (nSPS) is 11.6. The van der Waals surface area contributed by atoms with Crippen molar-refractivity contribution in [3.8, 4) is 0 Å². The molecule has 0 spiro atoms. The first-order valence-electron chi connectivity index (χ1n) is 7.59. The van der Waals surface area contributed by atoms with Crippen molar-refractivity contribution in [2.45, 2.75) is 26.0 Å². The highest BCUT2D eigenvalue weighted by Gasteiger charge is 2.20. The first-order chi connectivity index (χ1) is 11.1. The van der Waals surface area contributed by atoms with Gasteiger partial charge in [-0.3, -0.25) is 4.79 Å². The molecular formula is C19H21NO3. The second-order valence-corrected chi connectivity index (χ2v) is 5.49. The van der Waals surface area contributed by atoms with E-state index < -0.39 is 6.09 Å². The number of hydrogen-bond donors (Lipinski definition) is 0. The Morgan fingerprint density at radius 2 is 1.57 bits per heavy atom. The highest BCUT2D eigenvalue weighted by Crippen LogP contribution is 2.11. The highest BCUT2D eigenvalue weighted by atomic mass is 16.6. The monoisotopic (exact) mass is 311 g/mol. The number of carbonyl (C=O) groups excluding carboxylic acids is 2. The second-order valence-electron chi connectivity index (χ2n) is 5.49. The molecule has 0 heterocycles. The summed E-state index contributed by atoms with van der Waals surface area (Å²) in [4.78, 5) is 25.7. The zero-order chi connectivity index (χ0) is 16.7. The van der Waals surface area contributed by atoms with Gasteiger partial charge in [0.15, 0.2) is 5.78 Å². The Bertz CT molecular complexity index is 640. The van der Waals surface area contributed by atoms with Gasteiger partial charge in [-0.2, -0.15) is 0 Å². The molecule has 1 atom stereocenters. The fourth-order valence-corrected chi connectivity index (χ4v) is 2.15. The van der Waals surface area contributed by atoms with E-state index in [1.54, 1.807) is 19.2 Å². The number of carbonyl (C=O) groups is 2. The third-order valence-corrected chi connectivity index (χ3v) is 3.73. The van der Waals surface area contributed by atoms with Gasteiger partial charge < -0.3 is 9.64 Å². The summed E-state index contributed by atoms with van der Waals surface area (Å²) in [6.45, 7) is 2.06. The van der Waals surface area contributed by atoms with Crippen LogP contribution >= 0.6 is 0 Å². The molecule has 0 bridgehead atoms. The maximum Gasteiger partial charge on any atom is 0.410 e. The van der Waals surface area contributed by atoms with E-state index in [1.165, 1.54) is 4.90 Å². The molecule has 2 aromatic carbocycles. The van der Waals surface area contributed by atoms with E-state index in [1.807, 2.05) is 55.5 Å². The highest BCUT2D eigenvalue weighted by molar-refractivity contribution is 5.96. The van der Waals surface area contributed by atoms with E-state index in [2.05, 4.69) is 0 Å². The van der Waals surface area contributed by atoms with Crippen LogP contribution < -0.4 is 0 Å². The number of amides is 1. The summed E-state index contributed by atoms with van der Waals surface area (Å²) in [5, 5.41) is 0. The van der Waals surface area contributed by atoms with E-state index >= 15 is 0 Å². The van der Waals surface area contributed by atoms with Crippen LogP contribution in [0.5, 0.6) is 0 Å². The first kappa shape index (κ1) is 16.7. The van der Waals surface area contributed by atoms with Gasteiger partial charge in [0.2, 0.25) is 0 Å².